The van der Waals surface area contributed by atoms with Crippen LogP contribution >= 0.6 is 0 Å². The second kappa shape index (κ2) is 5.59. The lowest BCUT2D eigenvalue weighted by Crippen LogP contribution is -2.01. The lowest BCUT2D eigenvalue weighted by atomic mass is 10.1. The fraction of sp³-hybridized carbons (Fsp3) is 0.176. The summed E-state index contributed by atoms with van der Waals surface area (Å²) >= 11 is 0. The van der Waals surface area contributed by atoms with Crippen molar-refractivity contribution in [1.82, 2.24) is 40.0 Å². The molecule has 4 heterocycles. The van der Waals surface area contributed by atoms with E-state index in [0.29, 0.717) is 40.1 Å². The molecule has 0 aliphatic rings. The van der Waals surface area contributed by atoms with E-state index in [1.165, 1.54) is 0 Å². The van der Waals surface area contributed by atoms with Crippen LogP contribution in [0, 0.1) is 6.92 Å². The number of aromatic nitrogens is 8. The minimum absolute atomic E-state index is 0.483. The number of aryl methyl sites for hydroxylation is 2. The number of benzene rings is 1. The first-order valence-corrected chi connectivity index (χ1v) is 8.18. The highest BCUT2D eigenvalue weighted by Crippen LogP contribution is 2.35. The molecule has 5 rings (SSSR count). The molecule has 5 aromatic rings. The Hall–Kier alpha value is -3.82. The largest absolute Gasteiger partial charge is 0.496 e. The predicted octanol–water partition coefficient (Wildman–Crippen LogP) is 2.05. The zero-order chi connectivity index (χ0) is 18.5. The van der Waals surface area contributed by atoms with Gasteiger partial charge in [0.2, 0.25) is 5.82 Å². The summed E-state index contributed by atoms with van der Waals surface area (Å²) in [5.74, 6) is 1.83. The molecule has 27 heavy (non-hydrogen) atoms. The first-order valence-electron chi connectivity index (χ1n) is 8.18. The first kappa shape index (κ1) is 15.4. The van der Waals surface area contributed by atoms with E-state index in [4.69, 9.17) is 14.4 Å². The van der Waals surface area contributed by atoms with Crippen LogP contribution in [0.5, 0.6) is 5.75 Å². The molecule has 134 valence electrons. The van der Waals surface area contributed by atoms with E-state index in [2.05, 4.69) is 25.7 Å². The van der Waals surface area contributed by atoms with Crippen LogP contribution in [0.3, 0.4) is 0 Å². The van der Waals surface area contributed by atoms with E-state index >= 15 is 0 Å². The van der Waals surface area contributed by atoms with E-state index in [1.54, 1.807) is 35.6 Å². The summed E-state index contributed by atoms with van der Waals surface area (Å²) in [6.45, 7) is 1.82. The number of rotatable bonds is 3. The molecule has 0 unspecified atom stereocenters. The van der Waals surface area contributed by atoms with E-state index in [9.17, 15) is 0 Å². The minimum atomic E-state index is 0.483. The highest BCUT2D eigenvalue weighted by molar-refractivity contribution is 6.04. The molecule has 10 nitrogen and oxygen atoms in total. The summed E-state index contributed by atoms with van der Waals surface area (Å²) in [6, 6.07) is 7.51. The highest BCUT2D eigenvalue weighted by Gasteiger charge is 2.21. The zero-order valence-electron chi connectivity index (χ0n) is 14.8. The Morgan fingerprint density at radius 3 is 2.70 bits per heavy atom. The number of hydrogen-bond donors (Lipinski definition) is 0. The number of methoxy groups -OCH3 is 1. The molecule has 0 aliphatic heterocycles. The van der Waals surface area contributed by atoms with Crippen molar-refractivity contribution in [2.75, 3.05) is 7.11 Å². The molecule has 1 aromatic carbocycles. The van der Waals surface area contributed by atoms with Crippen LogP contribution in [0.15, 0.2) is 35.0 Å². The van der Waals surface area contributed by atoms with Crippen LogP contribution in [0.1, 0.15) is 5.76 Å². The summed E-state index contributed by atoms with van der Waals surface area (Å²) in [5, 5.41) is 27.3. The molecule has 0 saturated carbocycles. The number of nitrogens with zero attached hydrogens (tertiary/aromatic N) is 8. The molecular formula is C17H14N8O2. The molecule has 0 spiro atoms. The van der Waals surface area contributed by atoms with Crippen LogP contribution < -0.4 is 4.74 Å². The normalized spacial score (nSPS) is 11.5. The van der Waals surface area contributed by atoms with Gasteiger partial charge in [0.1, 0.15) is 22.9 Å². The average Bonchev–Trinajstić information content (AvgIpc) is 3.39. The van der Waals surface area contributed by atoms with Gasteiger partial charge < -0.3 is 9.26 Å². The molecule has 4 aromatic heterocycles. The van der Waals surface area contributed by atoms with E-state index in [0.717, 1.165) is 10.8 Å². The second-order valence-electron chi connectivity index (χ2n) is 6.09. The van der Waals surface area contributed by atoms with Crippen molar-refractivity contribution in [1.29, 1.82) is 0 Å². The van der Waals surface area contributed by atoms with E-state index < -0.39 is 0 Å². The average molecular weight is 362 g/mol. The number of ether oxygens (including phenoxy) is 1. The Kier molecular flexibility index (Phi) is 3.20. The third-order valence-corrected chi connectivity index (χ3v) is 4.27. The lowest BCUT2D eigenvalue weighted by Gasteiger charge is -2.09. The van der Waals surface area contributed by atoms with Crippen molar-refractivity contribution >= 4 is 16.4 Å². The topological polar surface area (TPSA) is 109 Å². The summed E-state index contributed by atoms with van der Waals surface area (Å²) in [4.78, 5) is 0. The van der Waals surface area contributed by atoms with Gasteiger partial charge in [0.25, 0.3) is 0 Å². The van der Waals surface area contributed by atoms with Gasteiger partial charge in [-0.25, -0.2) is 0 Å². The fourth-order valence-electron chi connectivity index (χ4n) is 3.09. The molecule has 10 heteroatoms. The van der Waals surface area contributed by atoms with Gasteiger partial charge in [-0.05, 0) is 13.0 Å². The van der Waals surface area contributed by atoms with Crippen LogP contribution in [0.2, 0.25) is 0 Å². The maximum Gasteiger partial charge on any atom is 0.207 e. The van der Waals surface area contributed by atoms with Crippen molar-refractivity contribution in [3.05, 3.63) is 36.2 Å². The molecule has 0 saturated heterocycles. The van der Waals surface area contributed by atoms with Crippen LogP contribution in [0.4, 0.5) is 0 Å². The van der Waals surface area contributed by atoms with Crippen molar-refractivity contribution in [2.24, 2.45) is 7.05 Å². The van der Waals surface area contributed by atoms with Gasteiger partial charge in [-0.15, -0.1) is 15.3 Å². The van der Waals surface area contributed by atoms with Gasteiger partial charge in [-0.3, -0.25) is 4.68 Å². The molecule has 0 atom stereocenters. The molecule has 0 bridgehead atoms. The van der Waals surface area contributed by atoms with Gasteiger partial charge in [0, 0.05) is 18.5 Å². The molecule has 0 aliphatic carbocycles. The summed E-state index contributed by atoms with van der Waals surface area (Å²) in [6.07, 6.45) is 1.80. The van der Waals surface area contributed by atoms with Crippen molar-refractivity contribution in [3.8, 4) is 28.7 Å². The lowest BCUT2D eigenvalue weighted by molar-refractivity contribution is 0.399. The third kappa shape index (κ3) is 2.26. The predicted molar refractivity (Wildman–Crippen MR) is 95.1 cm³/mol. The number of fused-ring (bicyclic) bond motifs is 3. The van der Waals surface area contributed by atoms with Crippen molar-refractivity contribution in [2.45, 2.75) is 6.92 Å². The molecule has 0 radical (unpaired) electrons. The SMILES string of the molecule is COc1cccc2c1c(-c1cn(C)nn1)nn1c(-c3cc(C)on3)nnc21. The third-order valence-electron chi connectivity index (χ3n) is 4.27. The van der Waals surface area contributed by atoms with Gasteiger partial charge >= 0.3 is 0 Å². The standard InChI is InChI=1S/C17H14N8O2/c1-9-7-11(22-27-9)17-20-19-16-10-5-4-6-13(26-3)14(10)15(21-25(16)17)12-8-24(2)23-18-12/h4-8H,1-3H3. The molecular weight excluding hydrogens is 348 g/mol. The van der Waals surface area contributed by atoms with Gasteiger partial charge in [0.05, 0.1) is 18.7 Å². The molecule has 0 fully saturated rings. The molecule has 0 N–H and O–H groups in total. The van der Waals surface area contributed by atoms with Crippen LogP contribution in [0.25, 0.3) is 39.3 Å². The Balaban J connectivity index is 1.92. The Morgan fingerprint density at radius 1 is 1.11 bits per heavy atom. The summed E-state index contributed by atoms with van der Waals surface area (Å²) in [7, 11) is 3.42. The monoisotopic (exact) mass is 362 g/mol. The Bertz CT molecular complexity index is 1300. The number of hydrogen-bond acceptors (Lipinski definition) is 8. The quantitative estimate of drug-likeness (QED) is 0.480. The van der Waals surface area contributed by atoms with Gasteiger partial charge in [0.15, 0.2) is 11.3 Å². The minimum Gasteiger partial charge on any atom is -0.496 e. The Labute approximate surface area is 152 Å². The first-order chi connectivity index (χ1) is 13.2. The van der Waals surface area contributed by atoms with Crippen LogP contribution in [-0.2, 0) is 7.05 Å². The summed E-state index contributed by atoms with van der Waals surface area (Å²) < 4.78 is 14.0. The van der Waals surface area contributed by atoms with E-state index in [-0.39, 0.29) is 0 Å². The van der Waals surface area contributed by atoms with E-state index in [1.807, 2.05) is 25.1 Å². The zero-order valence-corrected chi connectivity index (χ0v) is 14.8. The van der Waals surface area contributed by atoms with Crippen molar-refractivity contribution in [3.63, 3.8) is 0 Å². The summed E-state index contributed by atoms with van der Waals surface area (Å²) in [5.41, 5.74) is 2.38. The van der Waals surface area contributed by atoms with Gasteiger partial charge in [-0.2, -0.15) is 9.61 Å². The fourth-order valence-corrected chi connectivity index (χ4v) is 3.09. The maximum absolute atomic E-state index is 5.56. The maximum atomic E-state index is 5.56. The second-order valence-corrected chi connectivity index (χ2v) is 6.09. The smallest absolute Gasteiger partial charge is 0.207 e. The van der Waals surface area contributed by atoms with Crippen molar-refractivity contribution < 1.29 is 9.26 Å². The molecule has 0 amide bonds. The Morgan fingerprint density at radius 2 is 2.00 bits per heavy atom. The van der Waals surface area contributed by atoms with Gasteiger partial charge in [-0.1, -0.05) is 22.5 Å². The van der Waals surface area contributed by atoms with Crippen LogP contribution in [-0.4, -0.2) is 47.1 Å². The highest BCUT2D eigenvalue weighted by atomic mass is 16.5.